The fourth-order valence-electron chi connectivity index (χ4n) is 4.33. The topological polar surface area (TPSA) is 117 Å². The van der Waals surface area contributed by atoms with Gasteiger partial charge in [0, 0.05) is 11.8 Å². The lowest BCUT2D eigenvalue weighted by Gasteiger charge is -2.22. The van der Waals surface area contributed by atoms with Gasteiger partial charge in [0.05, 0.1) is 18.3 Å². The lowest BCUT2D eigenvalue weighted by atomic mass is 10.1. The summed E-state index contributed by atoms with van der Waals surface area (Å²) in [5, 5.41) is 15.2. The van der Waals surface area contributed by atoms with Crippen LogP contribution < -0.4 is 10.1 Å². The fourth-order valence-corrected chi connectivity index (χ4v) is 4.33. The molecule has 0 fully saturated rings. The van der Waals surface area contributed by atoms with Crippen molar-refractivity contribution in [3.63, 3.8) is 0 Å². The van der Waals surface area contributed by atoms with Gasteiger partial charge in [-0.2, -0.15) is 18.3 Å². The van der Waals surface area contributed by atoms with Gasteiger partial charge in [0.1, 0.15) is 11.2 Å². The number of ether oxygens (including phenoxy) is 2. The van der Waals surface area contributed by atoms with Crippen molar-refractivity contribution in [3.05, 3.63) is 71.9 Å². The maximum absolute atomic E-state index is 14.2. The lowest BCUT2D eigenvalue weighted by Crippen LogP contribution is -2.27. The number of anilines is 1. The number of carbonyl (C=O) groups is 1. The Kier molecular flexibility index (Phi) is 9.75. The van der Waals surface area contributed by atoms with Crippen LogP contribution in [-0.2, 0) is 23.9 Å². The van der Waals surface area contributed by atoms with E-state index in [4.69, 9.17) is 13.9 Å². The quantitative estimate of drug-likeness (QED) is 0.171. The number of amides is 1. The molecule has 0 radical (unpaired) electrons. The molecule has 1 aromatic carbocycles. The van der Waals surface area contributed by atoms with Crippen LogP contribution in [0.4, 0.5) is 23.7 Å². The molecular formula is C31H35F3N6O4. The lowest BCUT2D eigenvalue weighted by molar-refractivity contribution is -0.139. The number of nitrogens with zero attached hydrogens (tertiary/aromatic N) is 5. The third kappa shape index (κ3) is 8.23. The predicted molar refractivity (Wildman–Crippen MR) is 158 cm³/mol. The SMILES string of the molecule is C=CCc1cn(Cc2ccccc2)nc1-c1nnc(-c2nc(OC(C)CCC)c(C(F)(F)F)cc2NC(=O)OC(C)(C)C)o1. The monoisotopic (exact) mass is 612 g/mol. The largest absolute Gasteiger partial charge is 0.474 e. The summed E-state index contributed by atoms with van der Waals surface area (Å²) in [6.45, 7) is 12.7. The second-order valence-corrected chi connectivity index (χ2v) is 11.2. The minimum Gasteiger partial charge on any atom is -0.474 e. The predicted octanol–water partition coefficient (Wildman–Crippen LogP) is 7.71. The van der Waals surface area contributed by atoms with Gasteiger partial charge in [0.25, 0.3) is 11.8 Å². The Labute approximate surface area is 253 Å². The average molecular weight is 613 g/mol. The van der Waals surface area contributed by atoms with Gasteiger partial charge in [-0.15, -0.1) is 16.8 Å². The van der Waals surface area contributed by atoms with E-state index >= 15 is 0 Å². The summed E-state index contributed by atoms with van der Waals surface area (Å²) in [5.41, 5.74) is -0.524. The first-order chi connectivity index (χ1) is 20.8. The molecule has 0 aliphatic carbocycles. The van der Waals surface area contributed by atoms with E-state index in [1.807, 2.05) is 43.5 Å². The number of alkyl halides is 3. The molecule has 0 spiro atoms. The van der Waals surface area contributed by atoms with E-state index in [1.54, 1.807) is 38.5 Å². The smallest absolute Gasteiger partial charge is 0.421 e. The van der Waals surface area contributed by atoms with Crippen molar-refractivity contribution in [2.24, 2.45) is 0 Å². The van der Waals surface area contributed by atoms with Crippen LogP contribution in [0.3, 0.4) is 0 Å². The number of nitrogens with one attached hydrogen (secondary N) is 1. The van der Waals surface area contributed by atoms with E-state index in [2.05, 4.69) is 32.2 Å². The molecule has 44 heavy (non-hydrogen) atoms. The molecule has 13 heteroatoms. The van der Waals surface area contributed by atoms with Gasteiger partial charge < -0.3 is 13.9 Å². The maximum Gasteiger partial charge on any atom is 0.421 e. The number of hydrogen-bond acceptors (Lipinski definition) is 8. The number of halogens is 3. The van der Waals surface area contributed by atoms with Crippen molar-refractivity contribution >= 4 is 11.8 Å². The van der Waals surface area contributed by atoms with Crippen molar-refractivity contribution in [2.45, 2.75) is 78.3 Å². The van der Waals surface area contributed by atoms with E-state index in [0.29, 0.717) is 31.5 Å². The molecule has 0 bridgehead atoms. The average Bonchev–Trinajstić information content (AvgIpc) is 3.56. The van der Waals surface area contributed by atoms with Crippen LogP contribution in [0.5, 0.6) is 5.88 Å². The molecule has 1 unspecified atom stereocenters. The molecule has 0 aliphatic rings. The number of pyridine rings is 1. The summed E-state index contributed by atoms with van der Waals surface area (Å²) >= 11 is 0. The van der Waals surface area contributed by atoms with E-state index < -0.39 is 35.4 Å². The van der Waals surface area contributed by atoms with Gasteiger partial charge in [-0.1, -0.05) is 49.8 Å². The molecule has 0 saturated heterocycles. The minimum absolute atomic E-state index is 0.00963. The molecule has 4 rings (SSSR count). The van der Waals surface area contributed by atoms with Crippen LogP contribution in [0.2, 0.25) is 0 Å². The van der Waals surface area contributed by atoms with Crippen LogP contribution in [0.1, 0.15) is 64.2 Å². The number of aromatic nitrogens is 5. The summed E-state index contributed by atoms with van der Waals surface area (Å²) in [7, 11) is 0. The maximum atomic E-state index is 14.2. The van der Waals surface area contributed by atoms with Crippen molar-refractivity contribution < 1.29 is 31.9 Å². The zero-order valence-corrected chi connectivity index (χ0v) is 25.2. The van der Waals surface area contributed by atoms with Crippen LogP contribution in [0.15, 0.2) is 59.7 Å². The minimum atomic E-state index is -4.84. The van der Waals surface area contributed by atoms with Crippen LogP contribution in [0, 0.1) is 0 Å². The van der Waals surface area contributed by atoms with Crippen LogP contribution in [-0.4, -0.2) is 42.8 Å². The van der Waals surface area contributed by atoms with Gasteiger partial charge in [0.2, 0.25) is 5.88 Å². The molecular weight excluding hydrogens is 577 g/mol. The van der Waals surface area contributed by atoms with E-state index in [1.165, 1.54) is 0 Å². The number of allylic oxidation sites excluding steroid dienone is 1. The Morgan fingerprint density at radius 3 is 2.43 bits per heavy atom. The van der Waals surface area contributed by atoms with Crippen molar-refractivity contribution in [2.75, 3.05) is 5.32 Å². The second kappa shape index (κ2) is 13.3. The highest BCUT2D eigenvalue weighted by Gasteiger charge is 2.38. The van der Waals surface area contributed by atoms with Gasteiger partial charge >= 0.3 is 12.3 Å². The Hall–Kier alpha value is -4.68. The molecule has 1 N–H and O–H groups in total. The first kappa shape index (κ1) is 32.2. The Bertz CT molecular complexity index is 1590. The van der Waals surface area contributed by atoms with E-state index in [-0.39, 0.29) is 23.2 Å². The first-order valence-corrected chi connectivity index (χ1v) is 14.1. The standard InChI is InChI=1S/C31H35F3N6O4/c1-7-12-19(3)42-26-22(31(32,33)34)16-23(35-29(41)44-30(4,5)6)25(36-26)28-38-37-27(43-28)24-21(13-8-2)18-40(39-24)17-20-14-10-9-11-15-20/h8-11,14-16,18-19H,2,7,12-13,17H2,1,3-6H3,(H,35,41). The summed E-state index contributed by atoms with van der Waals surface area (Å²) in [4.78, 5) is 16.8. The molecule has 0 saturated carbocycles. The summed E-state index contributed by atoms with van der Waals surface area (Å²) in [6, 6.07) is 10.4. The normalized spacial score (nSPS) is 12.5. The molecule has 1 atom stereocenters. The van der Waals surface area contributed by atoms with Gasteiger partial charge in [-0.05, 0) is 52.2 Å². The van der Waals surface area contributed by atoms with E-state index in [9.17, 15) is 18.0 Å². The zero-order valence-electron chi connectivity index (χ0n) is 25.2. The van der Waals surface area contributed by atoms with Crippen molar-refractivity contribution in [1.82, 2.24) is 25.0 Å². The highest BCUT2D eigenvalue weighted by atomic mass is 19.4. The first-order valence-electron chi connectivity index (χ1n) is 14.1. The number of carbonyl (C=O) groups excluding carboxylic acids is 1. The Balaban J connectivity index is 1.80. The molecule has 3 aromatic heterocycles. The molecule has 0 aliphatic heterocycles. The van der Waals surface area contributed by atoms with Crippen LogP contribution in [0.25, 0.3) is 23.2 Å². The van der Waals surface area contributed by atoms with Crippen LogP contribution >= 0.6 is 0 Å². The molecule has 1 amide bonds. The number of benzene rings is 1. The summed E-state index contributed by atoms with van der Waals surface area (Å²) in [5.74, 6) is -0.923. The Morgan fingerprint density at radius 2 is 1.82 bits per heavy atom. The molecule has 234 valence electrons. The van der Waals surface area contributed by atoms with Gasteiger partial charge in [0.15, 0.2) is 11.4 Å². The third-order valence-electron chi connectivity index (χ3n) is 6.16. The summed E-state index contributed by atoms with van der Waals surface area (Å²) in [6.07, 6.45) is -1.25. The summed E-state index contributed by atoms with van der Waals surface area (Å²) < 4.78 is 61.1. The Morgan fingerprint density at radius 1 is 1.14 bits per heavy atom. The molecule has 10 nitrogen and oxygen atoms in total. The number of hydrogen-bond donors (Lipinski definition) is 1. The van der Waals surface area contributed by atoms with E-state index in [0.717, 1.165) is 17.2 Å². The number of rotatable bonds is 11. The molecule has 4 aromatic rings. The second-order valence-electron chi connectivity index (χ2n) is 11.2. The highest BCUT2D eigenvalue weighted by Crippen LogP contribution is 2.41. The van der Waals surface area contributed by atoms with Crippen molar-refractivity contribution in [3.8, 4) is 29.0 Å². The van der Waals surface area contributed by atoms with Gasteiger partial charge in [-0.3, -0.25) is 10.00 Å². The fraction of sp³-hybridized carbons (Fsp3) is 0.387. The highest BCUT2D eigenvalue weighted by molar-refractivity contribution is 5.89. The zero-order chi connectivity index (χ0) is 32.1. The molecule has 3 heterocycles. The van der Waals surface area contributed by atoms with Gasteiger partial charge in [-0.25, -0.2) is 9.78 Å². The third-order valence-corrected chi connectivity index (χ3v) is 6.16. The van der Waals surface area contributed by atoms with Crippen molar-refractivity contribution in [1.29, 1.82) is 0 Å².